The molecule has 1 amide bonds. The van der Waals surface area contributed by atoms with Crippen molar-refractivity contribution in [2.45, 2.75) is 33.4 Å². The zero-order valence-corrected chi connectivity index (χ0v) is 12.5. The quantitative estimate of drug-likeness (QED) is 0.866. The molecular weight excluding hydrogens is 281 g/mol. The molecule has 1 aromatic carbocycles. The van der Waals surface area contributed by atoms with Crippen molar-refractivity contribution in [1.82, 2.24) is 4.90 Å². The average Bonchev–Trinajstić information content (AvgIpc) is 2.36. The number of hydrogen-bond donors (Lipinski definition) is 1. The first-order chi connectivity index (χ1) is 9.78. The minimum atomic E-state index is -4.39. The van der Waals surface area contributed by atoms with Gasteiger partial charge in [0.25, 0.3) is 5.91 Å². The van der Waals surface area contributed by atoms with Crippen LogP contribution >= 0.6 is 0 Å². The Kier molecular flexibility index (Phi) is 6.05. The molecule has 0 fully saturated rings. The molecule has 1 aromatic rings. The van der Waals surface area contributed by atoms with Gasteiger partial charge in [0.1, 0.15) is 6.54 Å². The van der Waals surface area contributed by atoms with Gasteiger partial charge in [0.05, 0.1) is 5.56 Å². The Balaban J connectivity index is 3.08. The number of carbonyl (C=O) groups is 1. The van der Waals surface area contributed by atoms with Gasteiger partial charge < -0.3 is 10.2 Å². The molecule has 0 spiro atoms. The maximum atomic E-state index is 12.6. The molecule has 0 radical (unpaired) electrons. The second kappa shape index (κ2) is 7.33. The van der Waals surface area contributed by atoms with Crippen LogP contribution in [0.5, 0.6) is 0 Å². The summed E-state index contributed by atoms with van der Waals surface area (Å²) in [5.41, 5.74) is 1.80. The Bertz CT molecular complexity index is 486. The van der Waals surface area contributed by atoms with E-state index >= 15 is 0 Å². The maximum Gasteiger partial charge on any atom is 0.406 e. The smallest absolute Gasteiger partial charge is 0.385 e. The molecule has 0 atom stereocenters. The number of amides is 1. The van der Waals surface area contributed by atoms with Crippen molar-refractivity contribution in [3.8, 4) is 0 Å². The number of nitrogens with zero attached hydrogens (tertiary/aromatic N) is 1. The molecule has 1 rings (SSSR count). The predicted octanol–water partition coefficient (Wildman–Crippen LogP) is 3.84. The van der Waals surface area contributed by atoms with Crippen LogP contribution in [0.25, 0.3) is 0 Å². The number of carbonyl (C=O) groups excluding carboxylic acids is 1. The summed E-state index contributed by atoms with van der Waals surface area (Å²) < 4.78 is 37.8. The lowest BCUT2D eigenvalue weighted by atomic mass is 10.1. The number of aryl methyl sites for hydroxylation is 1. The minimum absolute atomic E-state index is 0.0811. The molecule has 0 bridgehead atoms. The van der Waals surface area contributed by atoms with E-state index < -0.39 is 18.6 Å². The topological polar surface area (TPSA) is 32.3 Å². The summed E-state index contributed by atoms with van der Waals surface area (Å²) in [6, 6.07) is 5.08. The van der Waals surface area contributed by atoms with E-state index in [-0.39, 0.29) is 12.1 Å². The normalized spacial score (nSPS) is 11.3. The summed E-state index contributed by atoms with van der Waals surface area (Å²) in [6.07, 6.45) is -3.92. The lowest BCUT2D eigenvalue weighted by molar-refractivity contribution is -0.140. The lowest BCUT2D eigenvalue weighted by Gasteiger charge is -2.24. The van der Waals surface area contributed by atoms with Crippen LogP contribution in [-0.4, -0.2) is 36.6 Å². The SMILES string of the molecule is CCCN(CC(F)(F)F)C(=O)c1ccc(C)cc1NCC. The van der Waals surface area contributed by atoms with Crippen molar-refractivity contribution in [2.24, 2.45) is 0 Å². The van der Waals surface area contributed by atoms with Crippen LogP contribution < -0.4 is 5.32 Å². The Morgan fingerprint density at radius 1 is 1.29 bits per heavy atom. The fourth-order valence-corrected chi connectivity index (χ4v) is 2.09. The number of anilines is 1. The van der Waals surface area contributed by atoms with Crippen molar-refractivity contribution in [1.29, 1.82) is 0 Å². The van der Waals surface area contributed by atoms with Crippen LogP contribution in [0.4, 0.5) is 18.9 Å². The van der Waals surface area contributed by atoms with Gasteiger partial charge in [0.2, 0.25) is 0 Å². The summed E-state index contributed by atoms with van der Waals surface area (Å²) in [7, 11) is 0. The van der Waals surface area contributed by atoms with E-state index in [0.29, 0.717) is 18.7 Å². The van der Waals surface area contributed by atoms with Crippen LogP contribution in [0.1, 0.15) is 36.2 Å². The van der Waals surface area contributed by atoms with Crippen LogP contribution in [0.3, 0.4) is 0 Å². The molecule has 0 unspecified atom stereocenters. The number of nitrogens with one attached hydrogen (secondary N) is 1. The second-order valence-corrected chi connectivity index (χ2v) is 4.92. The molecule has 0 heterocycles. The highest BCUT2D eigenvalue weighted by atomic mass is 19.4. The standard InChI is InChI=1S/C15H21F3N2O/c1-4-8-20(10-15(16,17)18)14(21)12-7-6-11(3)9-13(12)19-5-2/h6-7,9,19H,4-5,8,10H2,1-3H3. The monoisotopic (exact) mass is 302 g/mol. The summed E-state index contributed by atoms with van der Waals surface area (Å²) in [5, 5.41) is 3.03. The van der Waals surface area contributed by atoms with Gasteiger partial charge in [0, 0.05) is 18.8 Å². The van der Waals surface area contributed by atoms with Gasteiger partial charge in [-0.05, 0) is 38.0 Å². The first kappa shape index (κ1) is 17.3. The fraction of sp³-hybridized carbons (Fsp3) is 0.533. The number of halogens is 3. The minimum Gasteiger partial charge on any atom is -0.385 e. The van der Waals surface area contributed by atoms with E-state index in [9.17, 15) is 18.0 Å². The van der Waals surface area contributed by atoms with Gasteiger partial charge in [-0.15, -0.1) is 0 Å². The molecule has 0 aliphatic rings. The predicted molar refractivity (Wildman–Crippen MR) is 77.6 cm³/mol. The van der Waals surface area contributed by atoms with E-state index in [0.717, 1.165) is 10.5 Å². The molecule has 118 valence electrons. The number of alkyl halides is 3. The molecule has 21 heavy (non-hydrogen) atoms. The Morgan fingerprint density at radius 2 is 1.95 bits per heavy atom. The average molecular weight is 302 g/mol. The van der Waals surface area contributed by atoms with Gasteiger partial charge in [-0.25, -0.2) is 0 Å². The van der Waals surface area contributed by atoms with Crippen molar-refractivity contribution in [2.75, 3.05) is 25.0 Å². The van der Waals surface area contributed by atoms with Crippen molar-refractivity contribution < 1.29 is 18.0 Å². The number of benzene rings is 1. The van der Waals surface area contributed by atoms with Gasteiger partial charge in [-0.1, -0.05) is 13.0 Å². The zero-order valence-electron chi connectivity index (χ0n) is 12.5. The van der Waals surface area contributed by atoms with Gasteiger partial charge in [0.15, 0.2) is 0 Å². The highest BCUT2D eigenvalue weighted by molar-refractivity contribution is 5.99. The molecule has 0 saturated carbocycles. The molecule has 3 nitrogen and oxygen atoms in total. The Hall–Kier alpha value is -1.72. The molecule has 0 aliphatic carbocycles. The Morgan fingerprint density at radius 3 is 2.48 bits per heavy atom. The van der Waals surface area contributed by atoms with Crippen LogP contribution in [0.2, 0.25) is 0 Å². The van der Waals surface area contributed by atoms with E-state index in [4.69, 9.17) is 0 Å². The third kappa shape index (κ3) is 5.28. The molecule has 1 N–H and O–H groups in total. The van der Waals surface area contributed by atoms with E-state index in [1.807, 2.05) is 13.8 Å². The fourth-order valence-electron chi connectivity index (χ4n) is 2.09. The summed E-state index contributed by atoms with van der Waals surface area (Å²) in [6.45, 7) is 4.94. The third-order valence-corrected chi connectivity index (χ3v) is 2.92. The molecule has 0 aliphatic heterocycles. The van der Waals surface area contributed by atoms with Crippen LogP contribution in [0, 0.1) is 6.92 Å². The highest BCUT2D eigenvalue weighted by Crippen LogP contribution is 2.23. The van der Waals surface area contributed by atoms with Gasteiger partial charge >= 0.3 is 6.18 Å². The lowest BCUT2D eigenvalue weighted by Crippen LogP contribution is -2.39. The third-order valence-electron chi connectivity index (χ3n) is 2.92. The number of rotatable bonds is 6. The van der Waals surface area contributed by atoms with E-state index in [2.05, 4.69) is 5.32 Å². The highest BCUT2D eigenvalue weighted by Gasteiger charge is 2.33. The first-order valence-electron chi connectivity index (χ1n) is 6.99. The largest absolute Gasteiger partial charge is 0.406 e. The van der Waals surface area contributed by atoms with Crippen molar-refractivity contribution in [3.63, 3.8) is 0 Å². The molecule has 0 aromatic heterocycles. The van der Waals surface area contributed by atoms with Gasteiger partial charge in [-0.2, -0.15) is 13.2 Å². The molecular formula is C15H21F3N2O. The second-order valence-electron chi connectivity index (χ2n) is 4.92. The maximum absolute atomic E-state index is 12.6. The number of hydrogen-bond acceptors (Lipinski definition) is 2. The molecule has 6 heteroatoms. The summed E-state index contributed by atoms with van der Waals surface area (Å²) in [4.78, 5) is 13.3. The summed E-state index contributed by atoms with van der Waals surface area (Å²) >= 11 is 0. The zero-order chi connectivity index (χ0) is 16.0. The Labute approximate surface area is 123 Å². The molecule has 0 saturated heterocycles. The summed E-state index contributed by atoms with van der Waals surface area (Å²) in [5.74, 6) is -0.592. The van der Waals surface area contributed by atoms with Gasteiger partial charge in [-0.3, -0.25) is 4.79 Å². The van der Waals surface area contributed by atoms with Crippen molar-refractivity contribution in [3.05, 3.63) is 29.3 Å². The van der Waals surface area contributed by atoms with E-state index in [1.54, 1.807) is 25.1 Å². The van der Waals surface area contributed by atoms with Crippen LogP contribution in [0.15, 0.2) is 18.2 Å². The first-order valence-corrected chi connectivity index (χ1v) is 6.99. The van der Waals surface area contributed by atoms with Crippen molar-refractivity contribution >= 4 is 11.6 Å². The van der Waals surface area contributed by atoms with Crippen LogP contribution in [-0.2, 0) is 0 Å². The van der Waals surface area contributed by atoms with E-state index in [1.165, 1.54) is 0 Å².